The molecule has 0 N–H and O–H groups in total. The van der Waals surface area contributed by atoms with Crippen molar-refractivity contribution in [1.29, 1.82) is 0 Å². The predicted octanol–water partition coefficient (Wildman–Crippen LogP) is 13.9. The molecule has 1 aliphatic heterocycles. The van der Waals surface area contributed by atoms with Crippen molar-refractivity contribution in [2.75, 3.05) is 4.90 Å². The molecule has 1 aromatic heterocycles. The first-order valence-corrected chi connectivity index (χ1v) is 19.3. The lowest BCUT2D eigenvalue weighted by Gasteiger charge is -2.45. The predicted molar refractivity (Wildman–Crippen MR) is 230 cm³/mol. The van der Waals surface area contributed by atoms with Crippen LogP contribution in [0.15, 0.2) is 206 Å². The zero-order valence-electron chi connectivity index (χ0n) is 30.4. The second-order valence-electron chi connectivity index (χ2n) is 14.8. The summed E-state index contributed by atoms with van der Waals surface area (Å²) in [6, 6.07) is 74.9. The monoisotopic (exact) mass is 714 g/mol. The second-order valence-corrected chi connectivity index (χ2v) is 14.8. The molecule has 1 unspecified atom stereocenters. The van der Waals surface area contributed by atoms with Crippen LogP contribution in [-0.2, 0) is 5.41 Å². The van der Waals surface area contributed by atoms with Crippen LogP contribution < -0.4 is 9.64 Å². The molecular formula is C53H34N2O. The lowest BCUT2D eigenvalue weighted by atomic mass is 9.58. The van der Waals surface area contributed by atoms with Crippen LogP contribution in [0, 0.1) is 0 Å². The van der Waals surface area contributed by atoms with Crippen LogP contribution >= 0.6 is 0 Å². The Kier molecular flexibility index (Phi) is 6.55. The van der Waals surface area contributed by atoms with E-state index < -0.39 is 5.41 Å². The summed E-state index contributed by atoms with van der Waals surface area (Å²) in [5.74, 6) is 1.75. The summed E-state index contributed by atoms with van der Waals surface area (Å²) in [6.07, 6.45) is 0. The molecule has 1 spiro atoms. The maximum absolute atomic E-state index is 6.88. The molecule has 262 valence electrons. The van der Waals surface area contributed by atoms with Gasteiger partial charge in [-0.1, -0.05) is 140 Å². The molecule has 1 atom stereocenters. The van der Waals surface area contributed by atoms with Crippen molar-refractivity contribution in [3.8, 4) is 28.3 Å². The summed E-state index contributed by atoms with van der Waals surface area (Å²) in [5, 5.41) is 4.99. The van der Waals surface area contributed by atoms with Crippen LogP contribution in [0.1, 0.15) is 22.3 Å². The standard InChI is InChI=1S/C53H34N2O/c1-3-17-36(18-4-1)54(39-29-31-42-41-22-8-11-27-48(41)55(49(42)34-39)37-19-5-2-6-20-37)38-30-32-51-47(33-38)53(45-25-10-12-28-50(45)56-51)44-24-9-7-21-40(44)43-23-13-15-35-16-14-26-46(53)52(35)43/h1-34H. The van der Waals surface area contributed by atoms with Crippen LogP contribution in [0.4, 0.5) is 17.1 Å². The van der Waals surface area contributed by atoms with Gasteiger partial charge < -0.3 is 14.2 Å². The fourth-order valence-corrected chi connectivity index (χ4v) is 9.79. The number of anilines is 3. The van der Waals surface area contributed by atoms with E-state index in [2.05, 4.69) is 216 Å². The third-order valence-electron chi connectivity index (χ3n) is 12.0. The average Bonchev–Trinajstić information content (AvgIpc) is 3.60. The number of fused-ring (bicyclic) bond motifs is 11. The fraction of sp³-hybridized carbons (Fsp3) is 0.0189. The third kappa shape index (κ3) is 4.22. The van der Waals surface area contributed by atoms with Crippen molar-refractivity contribution in [3.05, 3.63) is 229 Å². The first-order valence-electron chi connectivity index (χ1n) is 19.3. The van der Waals surface area contributed by atoms with E-state index >= 15 is 0 Å². The van der Waals surface area contributed by atoms with Gasteiger partial charge in [0.1, 0.15) is 11.5 Å². The highest BCUT2D eigenvalue weighted by molar-refractivity contribution is 6.10. The van der Waals surface area contributed by atoms with E-state index in [0.717, 1.165) is 50.9 Å². The minimum absolute atomic E-state index is 0.628. The van der Waals surface area contributed by atoms with Gasteiger partial charge in [0.15, 0.2) is 0 Å². The molecule has 0 amide bonds. The van der Waals surface area contributed by atoms with Crippen LogP contribution in [0.3, 0.4) is 0 Å². The Morgan fingerprint density at radius 3 is 1.89 bits per heavy atom. The Bertz CT molecular complexity index is 3180. The fourth-order valence-electron chi connectivity index (χ4n) is 9.79. The number of ether oxygens (including phenoxy) is 1. The number of para-hydroxylation sites is 4. The van der Waals surface area contributed by atoms with Crippen molar-refractivity contribution in [2.45, 2.75) is 5.41 Å². The molecule has 1 aliphatic carbocycles. The molecule has 56 heavy (non-hydrogen) atoms. The summed E-state index contributed by atoms with van der Waals surface area (Å²) in [6.45, 7) is 0. The quantitative estimate of drug-likeness (QED) is 0.181. The maximum atomic E-state index is 6.88. The summed E-state index contributed by atoms with van der Waals surface area (Å²) in [4.78, 5) is 2.39. The molecule has 12 rings (SSSR count). The number of hydrogen-bond acceptors (Lipinski definition) is 2. The largest absolute Gasteiger partial charge is 0.457 e. The maximum Gasteiger partial charge on any atom is 0.132 e. The Labute approximate surface area is 324 Å². The zero-order valence-corrected chi connectivity index (χ0v) is 30.4. The number of hydrogen-bond donors (Lipinski definition) is 0. The van der Waals surface area contributed by atoms with Crippen LogP contribution in [0.2, 0.25) is 0 Å². The smallest absolute Gasteiger partial charge is 0.132 e. The van der Waals surface area contributed by atoms with Crippen LogP contribution in [0.25, 0.3) is 49.4 Å². The van der Waals surface area contributed by atoms with Gasteiger partial charge >= 0.3 is 0 Å². The van der Waals surface area contributed by atoms with Gasteiger partial charge in [-0.05, 0) is 99.8 Å². The molecule has 2 heterocycles. The number of rotatable bonds is 4. The van der Waals surface area contributed by atoms with Crippen LogP contribution in [-0.4, -0.2) is 4.57 Å². The van der Waals surface area contributed by atoms with E-state index in [1.165, 1.54) is 49.3 Å². The van der Waals surface area contributed by atoms with E-state index in [4.69, 9.17) is 4.74 Å². The third-order valence-corrected chi connectivity index (χ3v) is 12.0. The number of benzene rings is 9. The van der Waals surface area contributed by atoms with Crippen molar-refractivity contribution < 1.29 is 4.74 Å². The van der Waals surface area contributed by atoms with Crippen molar-refractivity contribution in [3.63, 3.8) is 0 Å². The highest BCUT2D eigenvalue weighted by Crippen LogP contribution is 2.61. The first-order chi connectivity index (χ1) is 27.8. The van der Waals surface area contributed by atoms with Gasteiger partial charge in [0.2, 0.25) is 0 Å². The summed E-state index contributed by atoms with van der Waals surface area (Å²) >= 11 is 0. The number of aromatic nitrogens is 1. The normalized spacial score (nSPS) is 15.0. The lowest BCUT2D eigenvalue weighted by molar-refractivity contribution is 0.435. The minimum Gasteiger partial charge on any atom is -0.457 e. The van der Waals surface area contributed by atoms with Gasteiger partial charge in [-0.3, -0.25) is 0 Å². The molecular weight excluding hydrogens is 681 g/mol. The van der Waals surface area contributed by atoms with E-state index in [1.807, 2.05) is 0 Å². The molecule has 0 radical (unpaired) electrons. The van der Waals surface area contributed by atoms with Gasteiger partial charge in [-0.2, -0.15) is 0 Å². The minimum atomic E-state index is -0.628. The van der Waals surface area contributed by atoms with Gasteiger partial charge in [0.25, 0.3) is 0 Å². The molecule has 3 heteroatoms. The molecule has 2 aliphatic rings. The molecule has 9 aromatic carbocycles. The second kappa shape index (κ2) is 11.8. The Morgan fingerprint density at radius 1 is 0.393 bits per heavy atom. The summed E-state index contributed by atoms with van der Waals surface area (Å²) < 4.78 is 9.27. The SMILES string of the molecule is c1ccc(N(c2ccc3c(c2)C2(c4ccccc4O3)c3ccccc3-c3cccc4cccc2c34)c2ccc3c4ccccc4n(-c4ccccc4)c3c2)cc1. The van der Waals surface area contributed by atoms with Gasteiger partial charge in [-0.25, -0.2) is 0 Å². The van der Waals surface area contributed by atoms with E-state index in [1.54, 1.807) is 0 Å². The van der Waals surface area contributed by atoms with Gasteiger partial charge in [-0.15, -0.1) is 0 Å². The molecule has 0 saturated heterocycles. The zero-order chi connectivity index (χ0) is 36.8. The number of nitrogens with zero attached hydrogens (tertiary/aromatic N) is 2. The molecule has 0 fully saturated rings. The lowest BCUT2D eigenvalue weighted by Crippen LogP contribution is -2.36. The van der Waals surface area contributed by atoms with Crippen molar-refractivity contribution >= 4 is 49.6 Å². The van der Waals surface area contributed by atoms with Crippen molar-refractivity contribution in [1.82, 2.24) is 4.57 Å². The average molecular weight is 715 g/mol. The molecule has 10 aromatic rings. The Balaban J connectivity index is 1.16. The van der Waals surface area contributed by atoms with E-state index in [-0.39, 0.29) is 0 Å². The highest BCUT2D eigenvalue weighted by atomic mass is 16.5. The molecule has 0 saturated carbocycles. The van der Waals surface area contributed by atoms with E-state index in [0.29, 0.717) is 0 Å². The Morgan fingerprint density at radius 2 is 1.02 bits per heavy atom. The Hall–Kier alpha value is -7.36. The first kappa shape index (κ1) is 31.0. The van der Waals surface area contributed by atoms with Crippen molar-refractivity contribution in [2.24, 2.45) is 0 Å². The van der Waals surface area contributed by atoms with Crippen LogP contribution in [0.5, 0.6) is 11.5 Å². The molecule has 0 bridgehead atoms. The topological polar surface area (TPSA) is 17.4 Å². The summed E-state index contributed by atoms with van der Waals surface area (Å²) in [7, 11) is 0. The molecule has 3 nitrogen and oxygen atoms in total. The summed E-state index contributed by atoms with van der Waals surface area (Å²) in [5.41, 5.74) is 13.4. The van der Waals surface area contributed by atoms with Gasteiger partial charge in [0.05, 0.1) is 16.4 Å². The van der Waals surface area contributed by atoms with Gasteiger partial charge in [0, 0.05) is 44.6 Å². The highest BCUT2D eigenvalue weighted by Gasteiger charge is 2.49. The van der Waals surface area contributed by atoms with E-state index in [9.17, 15) is 0 Å².